The van der Waals surface area contributed by atoms with Crippen molar-refractivity contribution in [2.45, 2.75) is 51.4 Å². The summed E-state index contributed by atoms with van der Waals surface area (Å²) in [5.74, 6) is 1.90. The van der Waals surface area contributed by atoms with E-state index in [1.165, 1.54) is 46.0 Å². The van der Waals surface area contributed by atoms with E-state index in [4.69, 9.17) is 19.9 Å². The Labute approximate surface area is 305 Å². The summed E-state index contributed by atoms with van der Waals surface area (Å²) < 4.78 is 0. The fraction of sp³-hybridized carbons (Fsp3) is 0.167. The van der Waals surface area contributed by atoms with E-state index in [1.54, 1.807) is 0 Å². The molecule has 52 heavy (non-hydrogen) atoms. The molecule has 0 N–H and O–H groups in total. The Morgan fingerprint density at radius 2 is 1.00 bits per heavy atom. The van der Waals surface area contributed by atoms with Gasteiger partial charge in [-0.25, -0.2) is 15.0 Å². The minimum Gasteiger partial charge on any atom is -0.256 e. The first kappa shape index (κ1) is 31.9. The van der Waals surface area contributed by atoms with Gasteiger partial charge in [0.25, 0.3) is 0 Å². The van der Waals surface area contributed by atoms with E-state index < -0.39 is 0 Å². The molecule has 252 valence electrons. The zero-order chi connectivity index (χ0) is 35.5. The number of benzene rings is 6. The van der Waals surface area contributed by atoms with Crippen LogP contribution in [-0.2, 0) is 10.8 Å². The summed E-state index contributed by atoms with van der Waals surface area (Å²) in [7, 11) is 0. The van der Waals surface area contributed by atoms with Crippen LogP contribution in [0.1, 0.15) is 51.7 Å². The third-order valence-electron chi connectivity index (χ3n) is 11.0. The normalized spacial score (nSPS) is 14.7. The van der Waals surface area contributed by atoms with Crippen LogP contribution in [0.4, 0.5) is 0 Å². The van der Waals surface area contributed by atoms with E-state index in [-0.39, 0.29) is 10.8 Å². The molecule has 0 amide bonds. The van der Waals surface area contributed by atoms with Crippen molar-refractivity contribution < 1.29 is 0 Å². The fourth-order valence-electron chi connectivity index (χ4n) is 7.89. The smallest absolute Gasteiger partial charge is 0.164 e. The Morgan fingerprint density at radius 1 is 0.423 bits per heavy atom. The van der Waals surface area contributed by atoms with Crippen molar-refractivity contribution in [3.05, 3.63) is 157 Å². The van der Waals surface area contributed by atoms with Gasteiger partial charge in [0.15, 0.2) is 17.5 Å². The van der Waals surface area contributed by atoms with Crippen molar-refractivity contribution >= 4 is 21.7 Å². The van der Waals surface area contributed by atoms with Gasteiger partial charge in [0, 0.05) is 33.8 Å². The minimum absolute atomic E-state index is 0.117. The van der Waals surface area contributed by atoms with Crippen LogP contribution in [0, 0.1) is 0 Å². The Bertz CT molecular complexity index is 2620. The van der Waals surface area contributed by atoms with Gasteiger partial charge in [0.2, 0.25) is 0 Å². The average Bonchev–Trinajstić information content (AvgIpc) is 3.19. The lowest BCUT2D eigenvalue weighted by Crippen LogP contribution is -2.33. The van der Waals surface area contributed by atoms with Gasteiger partial charge in [-0.05, 0) is 86.5 Å². The number of fused-ring (bicyclic) bond motifs is 3. The Kier molecular flexibility index (Phi) is 7.58. The second-order valence-electron chi connectivity index (χ2n) is 15.4. The number of aromatic nitrogens is 4. The third-order valence-corrected chi connectivity index (χ3v) is 11.0. The van der Waals surface area contributed by atoms with E-state index in [9.17, 15) is 0 Å². The molecule has 0 fully saturated rings. The summed E-state index contributed by atoms with van der Waals surface area (Å²) >= 11 is 0. The van der Waals surface area contributed by atoms with Gasteiger partial charge < -0.3 is 0 Å². The lowest BCUT2D eigenvalue weighted by atomic mass is 9.63. The zero-order valence-electron chi connectivity index (χ0n) is 30.1. The van der Waals surface area contributed by atoms with Crippen molar-refractivity contribution in [1.82, 2.24) is 19.9 Å². The summed E-state index contributed by atoms with van der Waals surface area (Å²) in [4.78, 5) is 20.3. The second-order valence-corrected chi connectivity index (χ2v) is 15.4. The van der Waals surface area contributed by atoms with Crippen LogP contribution in [0.25, 0.3) is 78.1 Å². The molecule has 0 spiro atoms. The number of hydrogen-bond donors (Lipinski definition) is 0. The number of nitrogens with zero attached hydrogens (tertiary/aromatic N) is 4. The molecule has 2 heterocycles. The lowest BCUT2D eigenvalue weighted by Gasteiger charge is -2.42. The molecule has 8 aromatic rings. The molecule has 6 aromatic carbocycles. The van der Waals surface area contributed by atoms with Gasteiger partial charge in [-0.2, -0.15) is 0 Å². The maximum atomic E-state index is 5.17. The van der Waals surface area contributed by atoms with Crippen LogP contribution in [0.2, 0.25) is 0 Å². The first-order valence-corrected chi connectivity index (χ1v) is 18.2. The van der Waals surface area contributed by atoms with Crippen molar-refractivity contribution in [2.24, 2.45) is 0 Å². The SMILES string of the molecule is CC1(C)CCC(C)(C)c2cc(-c3ccc(-c4nc(-c5ccccc5)nc(-c5ccc6cc(-c7ccccc7)ccc6c5)n4)c4cccnc34)ccc21. The second kappa shape index (κ2) is 12.3. The molecule has 4 nitrogen and oxygen atoms in total. The number of rotatable bonds is 5. The van der Waals surface area contributed by atoms with Crippen molar-refractivity contribution in [2.75, 3.05) is 0 Å². The van der Waals surface area contributed by atoms with Crippen LogP contribution in [0.15, 0.2) is 146 Å². The Morgan fingerprint density at radius 3 is 1.73 bits per heavy atom. The molecule has 4 heteroatoms. The molecule has 1 aliphatic rings. The first-order valence-electron chi connectivity index (χ1n) is 18.2. The number of hydrogen-bond acceptors (Lipinski definition) is 4. The molecular weight excluding hydrogens is 633 g/mol. The molecule has 1 aliphatic carbocycles. The van der Waals surface area contributed by atoms with Gasteiger partial charge in [0.05, 0.1) is 5.52 Å². The van der Waals surface area contributed by atoms with Crippen molar-refractivity contribution in [1.29, 1.82) is 0 Å². The maximum absolute atomic E-state index is 5.17. The molecule has 0 unspecified atom stereocenters. The largest absolute Gasteiger partial charge is 0.256 e. The van der Waals surface area contributed by atoms with E-state index >= 15 is 0 Å². The van der Waals surface area contributed by atoms with Gasteiger partial charge in [-0.15, -0.1) is 0 Å². The minimum atomic E-state index is 0.117. The molecular formula is C48H40N4. The fourth-order valence-corrected chi connectivity index (χ4v) is 7.89. The van der Waals surface area contributed by atoms with Crippen LogP contribution >= 0.6 is 0 Å². The molecule has 9 rings (SSSR count). The van der Waals surface area contributed by atoms with Gasteiger partial charge in [0.1, 0.15) is 0 Å². The number of pyridine rings is 1. The highest BCUT2D eigenvalue weighted by Gasteiger charge is 2.37. The molecule has 0 aliphatic heterocycles. The Balaban J connectivity index is 1.18. The molecule has 0 saturated carbocycles. The van der Waals surface area contributed by atoms with E-state index in [1.807, 2.05) is 36.5 Å². The molecule has 2 aromatic heterocycles. The quantitative estimate of drug-likeness (QED) is 0.183. The molecule has 0 bridgehead atoms. The standard InChI is InChI=1S/C48H40N4/c1-47(2)25-26-48(3,4)42-30-36(21-24-41(42)47)38-22-23-40(39-16-11-27-49-43(38)39)46-51-44(32-14-9-6-10-15-32)50-45(52-46)37-20-19-34-28-33(17-18-35(34)29-37)31-12-7-5-8-13-31/h5-24,27-30H,25-26H2,1-4H3. The Hall–Kier alpha value is -6.00. The predicted molar refractivity (Wildman–Crippen MR) is 215 cm³/mol. The van der Waals surface area contributed by atoms with E-state index in [0.29, 0.717) is 17.5 Å². The van der Waals surface area contributed by atoms with E-state index in [0.717, 1.165) is 38.5 Å². The highest BCUT2D eigenvalue weighted by atomic mass is 15.0. The van der Waals surface area contributed by atoms with Crippen molar-refractivity contribution in [3.63, 3.8) is 0 Å². The summed E-state index contributed by atoms with van der Waals surface area (Å²) in [6.07, 6.45) is 4.25. The van der Waals surface area contributed by atoms with Gasteiger partial charge in [-0.1, -0.05) is 143 Å². The molecule has 0 saturated heterocycles. The van der Waals surface area contributed by atoms with Crippen LogP contribution in [0.5, 0.6) is 0 Å². The zero-order valence-corrected chi connectivity index (χ0v) is 30.1. The van der Waals surface area contributed by atoms with Gasteiger partial charge >= 0.3 is 0 Å². The summed E-state index contributed by atoms with van der Waals surface area (Å²) in [5.41, 5.74) is 11.6. The predicted octanol–water partition coefficient (Wildman–Crippen LogP) is 12.3. The van der Waals surface area contributed by atoms with Crippen molar-refractivity contribution in [3.8, 4) is 56.4 Å². The van der Waals surface area contributed by atoms with E-state index in [2.05, 4.69) is 137 Å². The lowest BCUT2D eigenvalue weighted by molar-refractivity contribution is 0.332. The topological polar surface area (TPSA) is 51.6 Å². The monoisotopic (exact) mass is 672 g/mol. The maximum Gasteiger partial charge on any atom is 0.164 e. The van der Waals surface area contributed by atoms with Crippen LogP contribution in [-0.4, -0.2) is 19.9 Å². The first-order chi connectivity index (χ1) is 25.2. The molecule has 0 radical (unpaired) electrons. The summed E-state index contributed by atoms with van der Waals surface area (Å²) in [6.45, 7) is 9.51. The third kappa shape index (κ3) is 5.65. The highest BCUT2D eigenvalue weighted by Crippen LogP contribution is 2.47. The van der Waals surface area contributed by atoms with Crippen LogP contribution in [0.3, 0.4) is 0 Å². The summed E-state index contributed by atoms with van der Waals surface area (Å²) in [5, 5.41) is 3.32. The van der Waals surface area contributed by atoms with Gasteiger partial charge in [-0.3, -0.25) is 4.98 Å². The summed E-state index contributed by atoms with van der Waals surface area (Å²) in [6, 6.07) is 49.3. The highest BCUT2D eigenvalue weighted by molar-refractivity contribution is 6.02. The molecule has 0 atom stereocenters. The average molecular weight is 673 g/mol. The van der Waals surface area contributed by atoms with Crippen LogP contribution < -0.4 is 0 Å².